The summed E-state index contributed by atoms with van der Waals surface area (Å²) in [6.07, 6.45) is 3.58. The van der Waals surface area contributed by atoms with Crippen molar-refractivity contribution in [3.8, 4) is 0 Å². The van der Waals surface area contributed by atoms with Gasteiger partial charge in [-0.05, 0) is 23.7 Å². The average molecular weight is 168 g/mol. The number of aliphatic carboxylic acids is 1. The maximum atomic E-state index is 10.9. The van der Waals surface area contributed by atoms with Gasteiger partial charge in [0.15, 0.2) is 0 Å². The molecule has 0 saturated heterocycles. The first kappa shape index (κ1) is 8.09. The number of rotatable bonds is 1. The minimum absolute atomic E-state index is 0.0324. The first-order valence-corrected chi connectivity index (χ1v) is 4.81. The van der Waals surface area contributed by atoms with Gasteiger partial charge in [-0.25, -0.2) is 0 Å². The van der Waals surface area contributed by atoms with Gasteiger partial charge >= 0.3 is 5.97 Å². The Morgan fingerprint density at radius 2 is 2.17 bits per heavy atom. The highest BCUT2D eigenvalue weighted by Gasteiger charge is 2.67. The quantitative estimate of drug-likeness (QED) is 0.651. The third kappa shape index (κ3) is 0.782. The monoisotopic (exact) mass is 168 g/mol. The third-order valence-electron chi connectivity index (χ3n) is 4.24. The molecule has 4 unspecified atom stereocenters. The molecule has 2 aliphatic rings. The molecule has 0 heterocycles. The van der Waals surface area contributed by atoms with Gasteiger partial charge in [0.1, 0.15) is 0 Å². The summed E-state index contributed by atoms with van der Waals surface area (Å²) < 4.78 is 0. The van der Waals surface area contributed by atoms with Gasteiger partial charge in [-0.2, -0.15) is 0 Å². The Hall–Kier alpha value is -0.530. The predicted octanol–water partition coefficient (Wildman–Crippen LogP) is 2.14. The topological polar surface area (TPSA) is 37.3 Å². The van der Waals surface area contributed by atoms with Crippen LogP contribution < -0.4 is 0 Å². The number of hydrogen-bond donors (Lipinski definition) is 1. The van der Waals surface area contributed by atoms with E-state index < -0.39 is 5.97 Å². The first-order valence-electron chi connectivity index (χ1n) is 4.81. The summed E-state index contributed by atoms with van der Waals surface area (Å²) in [5.41, 5.74) is 0.143. The highest BCUT2D eigenvalue weighted by molar-refractivity contribution is 5.75. The molecule has 4 atom stereocenters. The zero-order valence-corrected chi connectivity index (χ0v) is 7.71. The van der Waals surface area contributed by atoms with Crippen LogP contribution in [0, 0.1) is 23.2 Å². The molecule has 2 nitrogen and oxygen atoms in total. The van der Waals surface area contributed by atoms with Crippen molar-refractivity contribution in [2.24, 2.45) is 23.2 Å². The minimum atomic E-state index is -0.573. The van der Waals surface area contributed by atoms with E-state index in [9.17, 15) is 4.79 Å². The Kier molecular flexibility index (Phi) is 1.51. The van der Waals surface area contributed by atoms with Gasteiger partial charge < -0.3 is 5.11 Å². The number of carboxylic acid groups (broad SMARTS) is 1. The molecule has 0 aromatic carbocycles. The molecule has 1 N–H and O–H groups in total. The molecule has 2 rings (SSSR count). The van der Waals surface area contributed by atoms with Crippen LogP contribution in [0.15, 0.2) is 0 Å². The summed E-state index contributed by atoms with van der Waals surface area (Å²) in [5, 5.41) is 8.97. The summed E-state index contributed by atoms with van der Waals surface area (Å²) >= 11 is 0. The zero-order chi connectivity index (χ0) is 8.93. The summed E-state index contributed by atoms with van der Waals surface area (Å²) in [6.45, 7) is 4.36. The number of carboxylic acids is 1. The Morgan fingerprint density at radius 1 is 1.50 bits per heavy atom. The second kappa shape index (κ2) is 2.24. The van der Waals surface area contributed by atoms with Crippen molar-refractivity contribution in [1.82, 2.24) is 0 Å². The molecular weight excluding hydrogens is 152 g/mol. The molecule has 0 bridgehead atoms. The first-order chi connectivity index (χ1) is 5.58. The molecule has 0 aromatic heterocycles. The SMILES string of the molecule is CC1CCCC2C(C(=O)O)C12C. The van der Waals surface area contributed by atoms with Crippen LogP contribution in [-0.2, 0) is 4.79 Å². The highest BCUT2D eigenvalue weighted by atomic mass is 16.4. The Labute approximate surface area is 73.0 Å². The van der Waals surface area contributed by atoms with Crippen molar-refractivity contribution < 1.29 is 9.90 Å². The molecule has 2 aliphatic carbocycles. The summed E-state index contributed by atoms with van der Waals surface area (Å²) in [7, 11) is 0. The molecule has 0 aliphatic heterocycles. The fraction of sp³-hybridized carbons (Fsp3) is 0.900. The standard InChI is InChI=1S/C10H16O2/c1-6-4-3-5-7-8(9(11)12)10(6,7)2/h6-8H,3-5H2,1-2H3,(H,11,12). The average Bonchev–Trinajstić information content (AvgIpc) is 2.58. The number of fused-ring (bicyclic) bond motifs is 1. The normalized spacial score (nSPS) is 51.3. The van der Waals surface area contributed by atoms with E-state index in [1.54, 1.807) is 0 Å². The van der Waals surface area contributed by atoms with Gasteiger partial charge in [-0.3, -0.25) is 4.79 Å². The van der Waals surface area contributed by atoms with Crippen LogP contribution in [0.1, 0.15) is 33.1 Å². The molecule has 0 radical (unpaired) electrons. The minimum Gasteiger partial charge on any atom is -0.481 e. The fourth-order valence-electron chi connectivity index (χ4n) is 3.17. The lowest BCUT2D eigenvalue weighted by atomic mass is 9.80. The van der Waals surface area contributed by atoms with Crippen molar-refractivity contribution in [3.05, 3.63) is 0 Å². The molecule has 2 saturated carbocycles. The molecule has 12 heavy (non-hydrogen) atoms. The summed E-state index contributed by atoms with van der Waals surface area (Å²) in [6, 6.07) is 0. The molecular formula is C10H16O2. The van der Waals surface area contributed by atoms with E-state index in [1.807, 2.05) is 0 Å². The second-order valence-corrected chi connectivity index (χ2v) is 4.62. The largest absolute Gasteiger partial charge is 0.481 e. The Morgan fingerprint density at radius 3 is 2.67 bits per heavy atom. The van der Waals surface area contributed by atoms with E-state index in [1.165, 1.54) is 12.8 Å². The van der Waals surface area contributed by atoms with Crippen LogP contribution in [0.3, 0.4) is 0 Å². The molecule has 0 amide bonds. The molecule has 2 heteroatoms. The molecule has 2 fully saturated rings. The van der Waals surface area contributed by atoms with Crippen molar-refractivity contribution in [1.29, 1.82) is 0 Å². The van der Waals surface area contributed by atoms with Gasteiger partial charge in [-0.15, -0.1) is 0 Å². The van der Waals surface area contributed by atoms with E-state index in [0.29, 0.717) is 11.8 Å². The van der Waals surface area contributed by atoms with E-state index in [4.69, 9.17) is 5.11 Å². The lowest BCUT2D eigenvalue weighted by Gasteiger charge is -2.24. The lowest BCUT2D eigenvalue weighted by molar-refractivity contribution is -0.139. The number of hydrogen-bond acceptors (Lipinski definition) is 1. The van der Waals surface area contributed by atoms with Crippen LogP contribution in [-0.4, -0.2) is 11.1 Å². The molecule has 0 spiro atoms. The van der Waals surface area contributed by atoms with Gasteiger partial charge in [0.2, 0.25) is 0 Å². The van der Waals surface area contributed by atoms with Crippen LogP contribution >= 0.6 is 0 Å². The summed E-state index contributed by atoms with van der Waals surface area (Å²) in [5.74, 6) is 0.488. The number of carbonyl (C=O) groups is 1. The van der Waals surface area contributed by atoms with E-state index in [2.05, 4.69) is 13.8 Å². The van der Waals surface area contributed by atoms with Crippen LogP contribution in [0.5, 0.6) is 0 Å². The maximum absolute atomic E-state index is 10.9. The van der Waals surface area contributed by atoms with Gasteiger partial charge in [0.05, 0.1) is 5.92 Å². The fourth-order valence-corrected chi connectivity index (χ4v) is 3.17. The van der Waals surface area contributed by atoms with Crippen molar-refractivity contribution in [3.63, 3.8) is 0 Å². The van der Waals surface area contributed by atoms with Crippen LogP contribution in [0.4, 0.5) is 0 Å². The Balaban J connectivity index is 2.19. The third-order valence-corrected chi connectivity index (χ3v) is 4.24. The van der Waals surface area contributed by atoms with E-state index in [0.717, 1.165) is 6.42 Å². The van der Waals surface area contributed by atoms with Gasteiger partial charge in [-0.1, -0.05) is 26.7 Å². The Bertz CT molecular complexity index is 224. The van der Waals surface area contributed by atoms with Crippen LogP contribution in [0.25, 0.3) is 0 Å². The second-order valence-electron chi connectivity index (χ2n) is 4.62. The van der Waals surface area contributed by atoms with Crippen molar-refractivity contribution in [2.75, 3.05) is 0 Å². The highest BCUT2D eigenvalue weighted by Crippen LogP contribution is 2.68. The van der Waals surface area contributed by atoms with E-state index >= 15 is 0 Å². The van der Waals surface area contributed by atoms with Crippen molar-refractivity contribution in [2.45, 2.75) is 33.1 Å². The lowest BCUT2D eigenvalue weighted by Crippen LogP contribution is -2.18. The van der Waals surface area contributed by atoms with Crippen molar-refractivity contribution >= 4 is 5.97 Å². The van der Waals surface area contributed by atoms with Gasteiger partial charge in [0.25, 0.3) is 0 Å². The van der Waals surface area contributed by atoms with Gasteiger partial charge in [0, 0.05) is 0 Å². The van der Waals surface area contributed by atoms with Crippen LogP contribution in [0.2, 0.25) is 0 Å². The predicted molar refractivity (Wildman–Crippen MR) is 45.7 cm³/mol. The zero-order valence-electron chi connectivity index (χ0n) is 7.71. The summed E-state index contributed by atoms with van der Waals surface area (Å²) in [4.78, 5) is 10.9. The smallest absolute Gasteiger partial charge is 0.307 e. The molecule has 68 valence electrons. The maximum Gasteiger partial charge on any atom is 0.307 e. The molecule has 0 aromatic rings. The van der Waals surface area contributed by atoms with E-state index in [-0.39, 0.29) is 11.3 Å².